The minimum absolute atomic E-state index is 1.08. The van der Waals surface area contributed by atoms with E-state index in [1.54, 1.807) is 0 Å². The van der Waals surface area contributed by atoms with Crippen molar-refractivity contribution in [1.29, 1.82) is 0 Å². The second-order valence-electron chi connectivity index (χ2n) is 3.67. The standard InChI is InChI=1S/C11H12.C4H8.3C2H6/c1-2-9-7-8-10-5-3-4-6-11(9)10;1-3-4-2;3*1-2/h2-6H,7-8H2,1H3;3H,1,4H2,2H3;3*1-2H3/b9-2+;;;;. The van der Waals surface area contributed by atoms with Gasteiger partial charge in [-0.05, 0) is 42.9 Å². The summed E-state index contributed by atoms with van der Waals surface area (Å²) in [7, 11) is 0. The van der Waals surface area contributed by atoms with Crippen molar-refractivity contribution in [3.05, 3.63) is 54.1 Å². The molecule has 0 N–H and O–H groups in total. The molecule has 0 heterocycles. The van der Waals surface area contributed by atoms with Gasteiger partial charge >= 0.3 is 0 Å². The maximum absolute atomic E-state index is 3.48. The van der Waals surface area contributed by atoms with Crippen molar-refractivity contribution in [2.75, 3.05) is 0 Å². The summed E-state index contributed by atoms with van der Waals surface area (Å²) in [6.07, 6.45) is 7.65. The molecule has 0 bridgehead atoms. The Morgan fingerprint density at radius 2 is 1.43 bits per heavy atom. The smallest absolute Gasteiger partial charge is 0.0195 e. The van der Waals surface area contributed by atoms with Crippen LogP contribution < -0.4 is 0 Å². The summed E-state index contributed by atoms with van der Waals surface area (Å²) in [5, 5.41) is 0. The second kappa shape index (κ2) is 21.0. The SMILES string of the molecule is C/C=C1\CCc2ccccc21.C=CCC.CC.CC.CC. The molecule has 0 saturated carbocycles. The van der Waals surface area contributed by atoms with Gasteiger partial charge in [0.15, 0.2) is 0 Å². The molecule has 0 atom stereocenters. The first-order valence-corrected chi connectivity index (χ1v) is 8.67. The fourth-order valence-corrected chi connectivity index (χ4v) is 1.76. The van der Waals surface area contributed by atoms with E-state index in [1.165, 1.54) is 29.5 Å². The van der Waals surface area contributed by atoms with E-state index >= 15 is 0 Å². The minimum atomic E-state index is 1.08. The van der Waals surface area contributed by atoms with Crippen LogP contribution in [0.3, 0.4) is 0 Å². The first-order valence-electron chi connectivity index (χ1n) is 8.67. The van der Waals surface area contributed by atoms with Gasteiger partial charge in [0.25, 0.3) is 0 Å². The number of fused-ring (bicyclic) bond motifs is 1. The molecule has 0 aromatic heterocycles. The maximum atomic E-state index is 3.48. The van der Waals surface area contributed by atoms with Gasteiger partial charge in [0.1, 0.15) is 0 Å². The van der Waals surface area contributed by atoms with Crippen LogP contribution in [0.25, 0.3) is 5.57 Å². The van der Waals surface area contributed by atoms with Crippen molar-refractivity contribution >= 4 is 5.57 Å². The van der Waals surface area contributed by atoms with Crippen molar-refractivity contribution < 1.29 is 0 Å². The van der Waals surface area contributed by atoms with Crippen LogP contribution in [0.4, 0.5) is 0 Å². The van der Waals surface area contributed by atoms with E-state index < -0.39 is 0 Å². The summed E-state index contributed by atoms with van der Waals surface area (Å²) < 4.78 is 0. The van der Waals surface area contributed by atoms with Crippen molar-refractivity contribution in [2.45, 2.75) is 74.7 Å². The first-order chi connectivity index (χ1) is 10.3. The van der Waals surface area contributed by atoms with Crippen LogP contribution in [0.5, 0.6) is 0 Å². The van der Waals surface area contributed by atoms with Crippen molar-refractivity contribution in [1.82, 2.24) is 0 Å². The molecule has 122 valence electrons. The highest BCUT2D eigenvalue weighted by Gasteiger charge is 2.13. The zero-order chi connectivity index (χ0) is 17.1. The van der Waals surface area contributed by atoms with Crippen LogP contribution in [0.2, 0.25) is 0 Å². The molecule has 0 heteroatoms. The molecule has 0 amide bonds. The Balaban J connectivity index is -0.000000276. The summed E-state index contributed by atoms with van der Waals surface area (Å²) in [6.45, 7) is 19.7. The van der Waals surface area contributed by atoms with E-state index in [9.17, 15) is 0 Å². The molecule has 0 fully saturated rings. The van der Waals surface area contributed by atoms with Gasteiger partial charge < -0.3 is 0 Å². The van der Waals surface area contributed by atoms with Crippen molar-refractivity contribution in [2.24, 2.45) is 0 Å². The second-order valence-corrected chi connectivity index (χ2v) is 3.67. The van der Waals surface area contributed by atoms with Crippen LogP contribution in [-0.2, 0) is 6.42 Å². The molecule has 1 aliphatic carbocycles. The number of hydrogen-bond donors (Lipinski definition) is 0. The van der Waals surface area contributed by atoms with Crippen LogP contribution in [0, 0.1) is 0 Å². The normalized spacial score (nSPS) is 11.9. The van der Waals surface area contributed by atoms with Gasteiger partial charge in [0, 0.05) is 0 Å². The van der Waals surface area contributed by atoms with Gasteiger partial charge in [-0.1, -0.05) is 84.9 Å². The highest BCUT2D eigenvalue weighted by Crippen LogP contribution is 2.31. The van der Waals surface area contributed by atoms with Crippen molar-refractivity contribution in [3.63, 3.8) is 0 Å². The third kappa shape index (κ3) is 11.1. The lowest BCUT2D eigenvalue weighted by molar-refractivity contribution is 1.08. The lowest BCUT2D eigenvalue weighted by atomic mass is 10.1. The van der Waals surface area contributed by atoms with Crippen LogP contribution in [0.1, 0.15) is 79.4 Å². The molecule has 0 spiro atoms. The molecule has 1 aromatic carbocycles. The molecule has 1 aromatic rings. The van der Waals surface area contributed by atoms with Gasteiger partial charge in [-0.15, -0.1) is 6.58 Å². The Labute approximate surface area is 135 Å². The average Bonchev–Trinajstić information content (AvgIpc) is 3.03. The number of aryl methyl sites for hydroxylation is 1. The van der Waals surface area contributed by atoms with Gasteiger partial charge in [-0.25, -0.2) is 0 Å². The van der Waals surface area contributed by atoms with Crippen LogP contribution in [0.15, 0.2) is 43.0 Å². The predicted molar refractivity (Wildman–Crippen MR) is 103 cm³/mol. The summed E-state index contributed by atoms with van der Waals surface area (Å²) in [6, 6.07) is 8.69. The molecule has 2 rings (SSSR count). The Morgan fingerprint density at radius 3 is 1.86 bits per heavy atom. The zero-order valence-electron chi connectivity index (χ0n) is 15.8. The largest absolute Gasteiger partial charge is 0.103 e. The molecule has 0 nitrogen and oxygen atoms in total. The van der Waals surface area contributed by atoms with E-state index in [1.807, 2.05) is 47.6 Å². The summed E-state index contributed by atoms with van der Waals surface area (Å²) in [5.41, 5.74) is 4.50. The molecule has 0 aliphatic heterocycles. The highest BCUT2D eigenvalue weighted by atomic mass is 14.2. The van der Waals surface area contributed by atoms with E-state index in [-0.39, 0.29) is 0 Å². The minimum Gasteiger partial charge on any atom is -0.103 e. The molecule has 0 radical (unpaired) electrons. The van der Waals surface area contributed by atoms with Crippen LogP contribution >= 0.6 is 0 Å². The first kappa shape index (κ1) is 24.7. The highest BCUT2D eigenvalue weighted by molar-refractivity contribution is 5.72. The maximum Gasteiger partial charge on any atom is -0.0195 e. The van der Waals surface area contributed by atoms with Crippen LogP contribution in [-0.4, -0.2) is 0 Å². The summed E-state index contributed by atoms with van der Waals surface area (Å²) in [4.78, 5) is 0. The van der Waals surface area contributed by atoms with Gasteiger partial charge in [0.2, 0.25) is 0 Å². The zero-order valence-corrected chi connectivity index (χ0v) is 15.8. The lowest BCUT2D eigenvalue weighted by Crippen LogP contribution is -1.77. The Kier molecular flexibility index (Phi) is 24.7. The number of allylic oxidation sites excluding steroid dienone is 3. The quantitative estimate of drug-likeness (QED) is 0.465. The van der Waals surface area contributed by atoms with E-state index in [0.717, 1.165) is 6.42 Å². The van der Waals surface area contributed by atoms with Crippen molar-refractivity contribution in [3.8, 4) is 0 Å². The van der Waals surface area contributed by atoms with Gasteiger partial charge in [-0.3, -0.25) is 0 Å². The van der Waals surface area contributed by atoms with Gasteiger partial charge in [-0.2, -0.15) is 0 Å². The Morgan fingerprint density at radius 1 is 0.952 bits per heavy atom. The number of benzene rings is 1. The summed E-state index contributed by atoms with van der Waals surface area (Å²) >= 11 is 0. The molecule has 0 saturated heterocycles. The topological polar surface area (TPSA) is 0 Å². The molecule has 0 unspecified atom stereocenters. The average molecular weight is 291 g/mol. The fourth-order valence-electron chi connectivity index (χ4n) is 1.76. The monoisotopic (exact) mass is 290 g/mol. The molecule has 21 heavy (non-hydrogen) atoms. The van der Waals surface area contributed by atoms with Gasteiger partial charge in [0.05, 0.1) is 0 Å². The molecular weight excluding hydrogens is 252 g/mol. The van der Waals surface area contributed by atoms with E-state index in [0.29, 0.717) is 0 Å². The molecular formula is C21H38. The lowest BCUT2D eigenvalue weighted by Gasteiger charge is -1.97. The third-order valence-corrected chi connectivity index (χ3v) is 2.66. The molecule has 1 aliphatic rings. The fraction of sp³-hybridized carbons (Fsp3) is 0.524. The summed E-state index contributed by atoms with van der Waals surface area (Å²) in [5.74, 6) is 0. The van der Waals surface area contributed by atoms with E-state index in [2.05, 4.69) is 50.8 Å². The Bertz CT molecular complexity index is 345. The predicted octanol–water partition coefficient (Wildman–Crippen LogP) is 7.70. The number of rotatable bonds is 1. The number of hydrogen-bond acceptors (Lipinski definition) is 0. The third-order valence-electron chi connectivity index (χ3n) is 2.66. The Hall–Kier alpha value is -1.30. The van der Waals surface area contributed by atoms with E-state index in [4.69, 9.17) is 0 Å².